The van der Waals surface area contributed by atoms with Crippen molar-refractivity contribution in [2.75, 3.05) is 13.2 Å². The van der Waals surface area contributed by atoms with Gasteiger partial charge >= 0.3 is 6.09 Å². The minimum Gasteiger partial charge on any atom is -0.459 e. The molecular weight excluding hydrogens is 202 g/mol. The maximum Gasteiger partial charge on any atom is 0.417 e. The molecule has 1 fully saturated rings. The first-order valence-electron chi connectivity index (χ1n) is 4.39. The normalized spacial score (nSPS) is 20.5. The van der Waals surface area contributed by atoms with Gasteiger partial charge in [0, 0.05) is 0 Å². The number of imide groups is 1. The van der Waals surface area contributed by atoms with E-state index in [0.717, 1.165) is 4.90 Å². The number of carbonyl (C=O) groups excluding carboxylic acids is 2. The highest BCUT2D eigenvalue weighted by molar-refractivity contribution is 6.01. The van der Waals surface area contributed by atoms with Crippen LogP contribution in [0.3, 0.4) is 0 Å². The van der Waals surface area contributed by atoms with Crippen LogP contribution in [0.2, 0.25) is 0 Å². The number of ether oxygens (including phenoxy) is 1. The molecule has 0 aliphatic carbocycles. The summed E-state index contributed by atoms with van der Waals surface area (Å²) in [5.74, 6) is -0.480. The van der Waals surface area contributed by atoms with E-state index in [9.17, 15) is 9.59 Å². The topological polar surface area (TPSA) is 80.0 Å². The molecule has 0 aromatic carbocycles. The molecule has 1 N–H and O–H groups in total. The van der Waals surface area contributed by atoms with Crippen molar-refractivity contribution in [1.29, 1.82) is 0 Å². The van der Waals surface area contributed by atoms with Gasteiger partial charge in [-0.25, -0.2) is 9.69 Å². The minimum atomic E-state index is -0.754. The molecule has 0 saturated carbocycles. The van der Waals surface area contributed by atoms with Gasteiger partial charge in [-0.15, -0.1) is 0 Å². The third-order valence-electron chi connectivity index (χ3n) is 2.05. The fourth-order valence-electron chi connectivity index (χ4n) is 1.32. The number of nitrogens with zero attached hydrogens (tertiary/aromatic N) is 1. The van der Waals surface area contributed by atoms with Gasteiger partial charge in [-0.3, -0.25) is 4.79 Å². The first-order valence-corrected chi connectivity index (χ1v) is 4.39. The Kier molecular flexibility index (Phi) is 2.42. The number of hydrogen-bond acceptors (Lipinski definition) is 5. The molecule has 1 unspecified atom stereocenters. The van der Waals surface area contributed by atoms with E-state index in [1.807, 2.05) is 0 Å². The van der Waals surface area contributed by atoms with Crippen LogP contribution in [0.5, 0.6) is 0 Å². The van der Waals surface area contributed by atoms with Gasteiger partial charge in [0.15, 0.2) is 5.76 Å². The van der Waals surface area contributed by atoms with Crippen LogP contribution in [0.1, 0.15) is 10.6 Å². The summed E-state index contributed by atoms with van der Waals surface area (Å²) < 4.78 is 9.58. The molecule has 80 valence electrons. The summed E-state index contributed by atoms with van der Waals surface area (Å²) in [6, 6.07) is 3.01. The third kappa shape index (κ3) is 1.71. The Morgan fingerprint density at radius 2 is 2.47 bits per heavy atom. The van der Waals surface area contributed by atoms with Crippen molar-refractivity contribution in [3.05, 3.63) is 24.2 Å². The summed E-state index contributed by atoms with van der Waals surface area (Å²) in [5, 5.41) is 8.78. The van der Waals surface area contributed by atoms with E-state index in [-0.39, 0.29) is 18.9 Å². The van der Waals surface area contributed by atoms with Gasteiger partial charge in [-0.05, 0) is 12.1 Å². The summed E-state index contributed by atoms with van der Waals surface area (Å²) in [7, 11) is 0. The van der Waals surface area contributed by atoms with E-state index in [0.29, 0.717) is 0 Å². The zero-order valence-electron chi connectivity index (χ0n) is 7.75. The molecule has 1 aromatic heterocycles. The molecular formula is C9H9NO5. The number of aliphatic hydroxyl groups excluding tert-OH is 1. The van der Waals surface area contributed by atoms with E-state index in [1.54, 1.807) is 6.07 Å². The highest BCUT2D eigenvalue weighted by atomic mass is 16.6. The summed E-state index contributed by atoms with van der Waals surface area (Å²) in [5.41, 5.74) is 0. The van der Waals surface area contributed by atoms with Gasteiger partial charge in [-0.1, -0.05) is 0 Å². The second-order valence-corrected chi connectivity index (χ2v) is 3.08. The molecule has 0 radical (unpaired) electrons. The fraction of sp³-hybridized carbons (Fsp3) is 0.333. The highest BCUT2D eigenvalue weighted by Crippen LogP contribution is 2.15. The van der Waals surface area contributed by atoms with Crippen LogP contribution in [-0.4, -0.2) is 41.3 Å². The molecule has 1 aromatic rings. The number of amides is 2. The van der Waals surface area contributed by atoms with Gasteiger partial charge < -0.3 is 14.3 Å². The summed E-state index contributed by atoms with van der Waals surface area (Å²) in [4.78, 5) is 23.7. The number of carbonyl (C=O) groups is 2. The molecule has 0 spiro atoms. The number of cyclic esters (lactones) is 1. The first-order chi connectivity index (χ1) is 7.22. The smallest absolute Gasteiger partial charge is 0.417 e. The standard InChI is InChI=1S/C9H9NO5/c11-5-6-4-10(9(13)15-6)8(12)7-2-1-3-14-7/h1-3,6,11H,4-5H2. The second-order valence-electron chi connectivity index (χ2n) is 3.08. The largest absolute Gasteiger partial charge is 0.459 e. The lowest BCUT2D eigenvalue weighted by atomic mass is 10.3. The predicted molar refractivity (Wildman–Crippen MR) is 47.1 cm³/mol. The maximum absolute atomic E-state index is 11.6. The van der Waals surface area contributed by atoms with Crippen molar-refractivity contribution in [2.24, 2.45) is 0 Å². The van der Waals surface area contributed by atoms with E-state index < -0.39 is 18.1 Å². The lowest BCUT2D eigenvalue weighted by molar-refractivity contribution is 0.0774. The molecule has 1 saturated heterocycles. The summed E-state index contributed by atoms with van der Waals surface area (Å²) in [6.45, 7) is -0.247. The Balaban J connectivity index is 2.12. The fourth-order valence-corrected chi connectivity index (χ4v) is 1.32. The van der Waals surface area contributed by atoms with Crippen LogP contribution >= 0.6 is 0 Å². The van der Waals surface area contributed by atoms with E-state index in [4.69, 9.17) is 14.3 Å². The van der Waals surface area contributed by atoms with Crippen molar-refractivity contribution in [2.45, 2.75) is 6.10 Å². The number of rotatable bonds is 2. The maximum atomic E-state index is 11.6. The number of hydrogen-bond donors (Lipinski definition) is 1. The van der Waals surface area contributed by atoms with Crippen molar-refractivity contribution in [1.82, 2.24) is 4.90 Å². The molecule has 2 heterocycles. The minimum absolute atomic E-state index is 0.0505. The Morgan fingerprint density at radius 1 is 1.67 bits per heavy atom. The molecule has 2 rings (SSSR count). The molecule has 1 aliphatic heterocycles. The second kappa shape index (κ2) is 3.74. The molecule has 2 amide bonds. The SMILES string of the molecule is O=C1OC(CO)CN1C(=O)c1ccco1. The molecule has 6 nitrogen and oxygen atoms in total. The van der Waals surface area contributed by atoms with Gasteiger partial charge in [0.2, 0.25) is 0 Å². The van der Waals surface area contributed by atoms with Crippen LogP contribution in [0.4, 0.5) is 4.79 Å². The van der Waals surface area contributed by atoms with Crippen molar-refractivity contribution in [3.63, 3.8) is 0 Å². The van der Waals surface area contributed by atoms with Gasteiger partial charge in [0.1, 0.15) is 6.10 Å². The average Bonchev–Trinajstić information content (AvgIpc) is 2.85. The summed E-state index contributed by atoms with van der Waals surface area (Å²) >= 11 is 0. The van der Waals surface area contributed by atoms with E-state index >= 15 is 0 Å². The highest BCUT2D eigenvalue weighted by Gasteiger charge is 2.36. The Morgan fingerprint density at radius 3 is 3.00 bits per heavy atom. The zero-order valence-corrected chi connectivity index (χ0v) is 7.75. The lowest BCUT2D eigenvalue weighted by Crippen LogP contribution is -2.32. The lowest BCUT2D eigenvalue weighted by Gasteiger charge is -2.07. The van der Waals surface area contributed by atoms with E-state index in [1.165, 1.54) is 12.3 Å². The van der Waals surface area contributed by atoms with Crippen LogP contribution < -0.4 is 0 Å². The van der Waals surface area contributed by atoms with Crippen LogP contribution in [0, 0.1) is 0 Å². The zero-order chi connectivity index (χ0) is 10.8. The van der Waals surface area contributed by atoms with Crippen molar-refractivity contribution in [3.8, 4) is 0 Å². The van der Waals surface area contributed by atoms with Crippen LogP contribution in [-0.2, 0) is 4.74 Å². The predicted octanol–water partition coefficient (Wildman–Crippen LogP) is 0.233. The Bertz CT molecular complexity index is 372. The number of aliphatic hydroxyl groups is 1. The van der Waals surface area contributed by atoms with E-state index in [2.05, 4.69) is 0 Å². The summed E-state index contributed by atoms with van der Waals surface area (Å²) in [6.07, 6.45) is -0.0510. The molecule has 1 atom stereocenters. The quantitative estimate of drug-likeness (QED) is 0.757. The molecule has 15 heavy (non-hydrogen) atoms. The third-order valence-corrected chi connectivity index (χ3v) is 2.05. The molecule has 0 bridgehead atoms. The molecule has 6 heteroatoms. The first kappa shape index (κ1) is 9.72. The van der Waals surface area contributed by atoms with Gasteiger partial charge in [0.25, 0.3) is 5.91 Å². The van der Waals surface area contributed by atoms with Gasteiger partial charge in [0.05, 0.1) is 19.4 Å². The Hall–Kier alpha value is -1.82. The Labute approximate surface area is 85.0 Å². The van der Waals surface area contributed by atoms with Crippen LogP contribution in [0.15, 0.2) is 22.8 Å². The monoisotopic (exact) mass is 211 g/mol. The van der Waals surface area contributed by atoms with Crippen LogP contribution in [0.25, 0.3) is 0 Å². The molecule has 1 aliphatic rings. The van der Waals surface area contributed by atoms with Crippen molar-refractivity contribution < 1.29 is 23.8 Å². The van der Waals surface area contributed by atoms with Gasteiger partial charge in [-0.2, -0.15) is 0 Å². The average molecular weight is 211 g/mol. The number of furan rings is 1. The van der Waals surface area contributed by atoms with Crippen molar-refractivity contribution >= 4 is 12.0 Å².